The number of hydrogen-bond donors (Lipinski definition) is 0. The fourth-order valence-electron chi connectivity index (χ4n) is 3.22. The van der Waals surface area contributed by atoms with Gasteiger partial charge in [0.05, 0.1) is 11.0 Å². The number of benzene rings is 1. The Morgan fingerprint density at radius 1 is 1.21 bits per heavy atom. The van der Waals surface area contributed by atoms with Crippen LogP contribution in [0, 0.1) is 0 Å². The van der Waals surface area contributed by atoms with Gasteiger partial charge in [0.25, 0.3) is 10.0 Å². The van der Waals surface area contributed by atoms with Crippen LogP contribution in [-0.2, 0) is 16.6 Å². The van der Waals surface area contributed by atoms with Crippen LogP contribution in [0.4, 0.5) is 0 Å². The third-order valence-electron chi connectivity index (χ3n) is 4.13. The molecule has 100 valence electrons. The van der Waals surface area contributed by atoms with Crippen molar-refractivity contribution in [1.29, 1.82) is 0 Å². The van der Waals surface area contributed by atoms with Crippen molar-refractivity contribution in [2.45, 2.75) is 37.0 Å². The van der Waals surface area contributed by atoms with Gasteiger partial charge in [-0.3, -0.25) is 0 Å². The predicted molar refractivity (Wildman–Crippen MR) is 71.3 cm³/mol. The summed E-state index contributed by atoms with van der Waals surface area (Å²) in [5, 5.41) is 0.215. The molecule has 0 bridgehead atoms. The van der Waals surface area contributed by atoms with Crippen molar-refractivity contribution < 1.29 is 8.42 Å². The minimum Gasteiger partial charge on any atom is -0.312 e. The van der Waals surface area contributed by atoms with E-state index in [1.54, 1.807) is 4.31 Å². The van der Waals surface area contributed by atoms with E-state index in [2.05, 4.69) is 4.98 Å². The highest BCUT2D eigenvalue weighted by Gasteiger charge is 2.41. The van der Waals surface area contributed by atoms with E-state index in [1.165, 1.54) is 0 Å². The number of nitrogens with zero attached hydrogens (tertiary/aromatic N) is 3. The zero-order valence-electron chi connectivity index (χ0n) is 10.5. The van der Waals surface area contributed by atoms with E-state index in [4.69, 9.17) is 0 Å². The number of piperidine rings is 1. The maximum absolute atomic E-state index is 12.7. The molecule has 0 radical (unpaired) electrons. The van der Waals surface area contributed by atoms with Gasteiger partial charge in [-0.25, -0.2) is 13.4 Å². The van der Waals surface area contributed by atoms with E-state index < -0.39 is 10.0 Å². The van der Waals surface area contributed by atoms with Crippen molar-refractivity contribution in [3.8, 4) is 0 Å². The number of rotatable bonds is 0. The van der Waals surface area contributed by atoms with E-state index in [-0.39, 0.29) is 11.2 Å². The van der Waals surface area contributed by atoms with Crippen molar-refractivity contribution in [2.24, 2.45) is 0 Å². The molecule has 6 heteroatoms. The van der Waals surface area contributed by atoms with Gasteiger partial charge in [-0.05, 0) is 25.0 Å². The smallest absolute Gasteiger partial charge is 0.277 e. The second-order valence-corrected chi connectivity index (χ2v) is 7.04. The average Bonchev–Trinajstić information content (AvgIpc) is 2.79. The lowest BCUT2D eigenvalue weighted by Crippen LogP contribution is -2.50. The molecule has 0 saturated carbocycles. The molecule has 0 aliphatic carbocycles. The van der Waals surface area contributed by atoms with E-state index in [9.17, 15) is 8.42 Å². The van der Waals surface area contributed by atoms with Crippen LogP contribution in [0.2, 0.25) is 0 Å². The Bertz CT molecular complexity index is 750. The van der Waals surface area contributed by atoms with Crippen LogP contribution < -0.4 is 0 Å². The third-order valence-corrected chi connectivity index (χ3v) is 6.00. The molecule has 1 atom stereocenters. The van der Waals surface area contributed by atoms with Crippen molar-refractivity contribution in [2.75, 3.05) is 6.54 Å². The Balaban J connectivity index is 1.99. The highest BCUT2D eigenvalue weighted by atomic mass is 32.2. The molecule has 2 aromatic rings. The SMILES string of the molecule is O=S1(=O)c2nc3ccccc3n2CC2CCCCN21. The Hall–Kier alpha value is -1.40. The van der Waals surface area contributed by atoms with Crippen LogP contribution in [0.25, 0.3) is 11.0 Å². The summed E-state index contributed by atoms with van der Waals surface area (Å²) < 4.78 is 28.8. The highest BCUT2D eigenvalue weighted by molar-refractivity contribution is 7.89. The van der Waals surface area contributed by atoms with E-state index >= 15 is 0 Å². The molecule has 2 aliphatic rings. The zero-order valence-corrected chi connectivity index (χ0v) is 11.3. The second kappa shape index (κ2) is 3.80. The van der Waals surface area contributed by atoms with Crippen molar-refractivity contribution in [3.05, 3.63) is 24.3 Å². The van der Waals surface area contributed by atoms with Gasteiger partial charge in [-0.1, -0.05) is 18.6 Å². The summed E-state index contributed by atoms with van der Waals surface area (Å²) in [6, 6.07) is 7.73. The van der Waals surface area contributed by atoms with Crippen LogP contribution in [0.3, 0.4) is 0 Å². The summed E-state index contributed by atoms with van der Waals surface area (Å²) in [5.74, 6) is 0. The number of imidazole rings is 1. The minimum absolute atomic E-state index is 0.101. The molecule has 4 rings (SSSR count). The maximum atomic E-state index is 12.7. The number of fused-ring (bicyclic) bond motifs is 4. The van der Waals surface area contributed by atoms with Crippen molar-refractivity contribution >= 4 is 21.1 Å². The van der Waals surface area contributed by atoms with E-state index in [0.29, 0.717) is 6.54 Å². The molecule has 0 N–H and O–H groups in total. The van der Waals surface area contributed by atoms with Gasteiger partial charge in [0, 0.05) is 19.1 Å². The fourth-order valence-corrected chi connectivity index (χ4v) is 5.02. The molecule has 2 aliphatic heterocycles. The topological polar surface area (TPSA) is 55.2 Å². The minimum atomic E-state index is -3.42. The van der Waals surface area contributed by atoms with Crippen LogP contribution >= 0.6 is 0 Å². The molecule has 5 nitrogen and oxygen atoms in total. The predicted octanol–water partition coefficient (Wildman–Crippen LogP) is 1.59. The largest absolute Gasteiger partial charge is 0.312 e. The summed E-state index contributed by atoms with van der Waals surface area (Å²) in [7, 11) is -3.42. The van der Waals surface area contributed by atoms with Crippen molar-refractivity contribution in [3.63, 3.8) is 0 Å². The molecule has 0 amide bonds. The van der Waals surface area contributed by atoms with Gasteiger partial charge in [-0.15, -0.1) is 0 Å². The first-order valence-electron chi connectivity index (χ1n) is 6.65. The second-order valence-electron chi connectivity index (χ2n) is 5.26. The summed E-state index contributed by atoms with van der Waals surface area (Å²) in [5.41, 5.74) is 1.69. The molecule has 1 unspecified atom stereocenters. The third kappa shape index (κ3) is 1.50. The molecule has 0 spiro atoms. The lowest BCUT2D eigenvalue weighted by atomic mass is 10.0. The molecule has 1 fully saturated rings. The normalized spacial score (nSPS) is 26.0. The summed E-state index contributed by atoms with van der Waals surface area (Å²) in [4.78, 5) is 4.33. The summed E-state index contributed by atoms with van der Waals surface area (Å²) in [6.45, 7) is 1.37. The van der Waals surface area contributed by atoms with Crippen LogP contribution in [0.1, 0.15) is 19.3 Å². The zero-order chi connectivity index (χ0) is 13.0. The lowest BCUT2D eigenvalue weighted by Gasteiger charge is -2.38. The Kier molecular flexibility index (Phi) is 2.29. The lowest BCUT2D eigenvalue weighted by molar-refractivity contribution is 0.210. The number of sulfonamides is 1. The monoisotopic (exact) mass is 277 g/mol. The van der Waals surface area contributed by atoms with Crippen LogP contribution in [-0.4, -0.2) is 34.9 Å². The first-order valence-corrected chi connectivity index (χ1v) is 8.09. The van der Waals surface area contributed by atoms with Crippen LogP contribution in [0.15, 0.2) is 29.4 Å². The van der Waals surface area contributed by atoms with Gasteiger partial charge in [0.15, 0.2) is 0 Å². The first kappa shape index (κ1) is 11.4. The van der Waals surface area contributed by atoms with Gasteiger partial charge in [0.1, 0.15) is 0 Å². The Morgan fingerprint density at radius 2 is 2.05 bits per heavy atom. The molecule has 19 heavy (non-hydrogen) atoms. The van der Waals surface area contributed by atoms with Gasteiger partial charge >= 0.3 is 0 Å². The standard InChI is InChI=1S/C13H15N3O2S/c17-19(18)13-14-11-6-1-2-7-12(11)15(13)9-10-5-3-4-8-16(10)19/h1-2,6-7,10H,3-5,8-9H2. The van der Waals surface area contributed by atoms with E-state index in [1.807, 2.05) is 28.8 Å². The van der Waals surface area contributed by atoms with Crippen molar-refractivity contribution in [1.82, 2.24) is 13.9 Å². The molecule has 1 aromatic heterocycles. The molecule has 1 aromatic carbocycles. The molecular formula is C13H15N3O2S. The average molecular weight is 277 g/mol. The Morgan fingerprint density at radius 3 is 2.95 bits per heavy atom. The summed E-state index contributed by atoms with van der Waals surface area (Å²) >= 11 is 0. The fraction of sp³-hybridized carbons (Fsp3) is 0.462. The summed E-state index contributed by atoms with van der Waals surface area (Å²) in [6.07, 6.45) is 3.01. The highest BCUT2D eigenvalue weighted by Crippen LogP contribution is 2.33. The van der Waals surface area contributed by atoms with Gasteiger partial charge in [0.2, 0.25) is 5.16 Å². The number of aromatic nitrogens is 2. The molecule has 1 saturated heterocycles. The quantitative estimate of drug-likeness (QED) is 0.735. The molecular weight excluding hydrogens is 262 g/mol. The van der Waals surface area contributed by atoms with E-state index in [0.717, 1.165) is 36.8 Å². The Labute approximate surface area is 111 Å². The van der Waals surface area contributed by atoms with Gasteiger partial charge < -0.3 is 4.57 Å². The molecule has 3 heterocycles. The number of hydrogen-bond acceptors (Lipinski definition) is 3. The number of para-hydroxylation sites is 2. The van der Waals surface area contributed by atoms with Crippen LogP contribution in [0.5, 0.6) is 0 Å². The first-order chi connectivity index (χ1) is 9.18. The maximum Gasteiger partial charge on any atom is 0.277 e. The van der Waals surface area contributed by atoms with Gasteiger partial charge in [-0.2, -0.15) is 4.31 Å².